The first-order valence-corrected chi connectivity index (χ1v) is 23.5. The van der Waals surface area contributed by atoms with Gasteiger partial charge < -0.3 is 59.3 Å². The summed E-state index contributed by atoms with van der Waals surface area (Å²) in [6, 6.07) is 19.0. The van der Waals surface area contributed by atoms with Gasteiger partial charge in [0.15, 0.2) is 6.61 Å². The van der Waals surface area contributed by atoms with Gasteiger partial charge in [-0.1, -0.05) is 18.2 Å². The van der Waals surface area contributed by atoms with Crippen LogP contribution in [0.4, 0.5) is 17.3 Å². The number of rotatable bonds is 36. The molecule has 4 N–H and O–H groups in total. The highest BCUT2D eigenvalue weighted by molar-refractivity contribution is 6.04. The Bertz CT molecular complexity index is 2120. The van der Waals surface area contributed by atoms with Crippen molar-refractivity contribution >= 4 is 41.8 Å². The number of hydrogen-bond acceptors (Lipinski definition) is 18. The monoisotopic (exact) mass is 973 g/mol. The molecule has 1 aliphatic heterocycles. The zero-order valence-electron chi connectivity index (χ0n) is 40.2. The summed E-state index contributed by atoms with van der Waals surface area (Å²) in [6.07, 6.45) is 5.17. The van der Waals surface area contributed by atoms with Gasteiger partial charge in [0.05, 0.1) is 105 Å². The number of carbonyl (C=O) groups is 3. The maximum Gasteiger partial charge on any atom is 0.260 e. The van der Waals surface area contributed by atoms with Crippen molar-refractivity contribution in [1.29, 1.82) is 0 Å². The number of carbonyl (C=O) groups excluding carboxylic acids is 3. The molecule has 0 atom stereocenters. The minimum Gasteiger partial charge on any atom is -0.386 e. The number of anilines is 3. The SMILES string of the molecule is C=NOCC(=O)NCCOCCOCCOCCOCCOCCOCCOCCNC(=O)CN1CCN(Cc2ccc(C(=O)Nc3ccc(C)c(Nc4nccc(-c5cccnc5)n4)c3)cc2)CC1. The highest BCUT2D eigenvalue weighted by atomic mass is 16.6. The molecule has 3 heterocycles. The fourth-order valence-corrected chi connectivity index (χ4v) is 6.74. The van der Waals surface area contributed by atoms with Crippen molar-refractivity contribution in [3.05, 3.63) is 95.9 Å². The van der Waals surface area contributed by atoms with Crippen molar-refractivity contribution < 1.29 is 52.4 Å². The number of oxime groups is 1. The molecule has 4 aromatic rings. The maximum atomic E-state index is 13.2. The molecular weight excluding hydrogens is 905 g/mol. The van der Waals surface area contributed by atoms with Gasteiger partial charge in [0.25, 0.3) is 11.8 Å². The fourth-order valence-electron chi connectivity index (χ4n) is 6.74. The molecule has 21 nitrogen and oxygen atoms in total. The van der Waals surface area contributed by atoms with Gasteiger partial charge in [-0.15, -0.1) is 5.16 Å². The molecule has 0 spiro atoms. The number of amides is 3. The van der Waals surface area contributed by atoms with Gasteiger partial charge in [-0.05, 0) is 60.5 Å². The molecule has 0 aliphatic carbocycles. The van der Waals surface area contributed by atoms with Gasteiger partial charge in [-0.25, -0.2) is 9.97 Å². The van der Waals surface area contributed by atoms with E-state index in [2.05, 4.69) is 62.7 Å². The van der Waals surface area contributed by atoms with E-state index in [4.69, 9.17) is 33.2 Å². The Morgan fingerprint density at radius 1 is 0.671 bits per heavy atom. The molecule has 0 saturated carbocycles. The smallest absolute Gasteiger partial charge is 0.260 e. The lowest BCUT2D eigenvalue weighted by Crippen LogP contribution is -2.49. The van der Waals surface area contributed by atoms with Crippen molar-refractivity contribution in [2.24, 2.45) is 5.16 Å². The van der Waals surface area contributed by atoms with Crippen LogP contribution in [0.3, 0.4) is 0 Å². The predicted molar refractivity (Wildman–Crippen MR) is 263 cm³/mol. The Morgan fingerprint density at radius 2 is 1.24 bits per heavy atom. The number of piperazine rings is 1. The second-order valence-corrected chi connectivity index (χ2v) is 15.8. The van der Waals surface area contributed by atoms with Crippen LogP contribution in [-0.4, -0.2) is 194 Å². The lowest BCUT2D eigenvalue weighted by atomic mass is 10.1. The lowest BCUT2D eigenvalue weighted by molar-refractivity contribution is -0.126. The standard InChI is InChI=1S/C49H68N10O11/c1-39-5-10-43(34-45(39)57-49-54-13-11-44(56-49)42-4-3-12-51-35-42)55-48(62)41-8-6-40(7-9-41)36-58-16-18-59(19-17-58)37-46(60)52-14-20-63-22-24-65-26-28-67-30-32-69-33-31-68-29-27-66-25-23-64-21-15-53-47(61)38-70-50-2/h3-13,34-35H,2,14-33,36-38H2,1H3,(H,52,60)(H,53,61)(H,55,62)(H,54,56,57). The number of nitrogens with zero attached hydrogens (tertiary/aromatic N) is 6. The van der Waals surface area contributed by atoms with Gasteiger partial charge in [0, 0.05) is 93.6 Å². The van der Waals surface area contributed by atoms with Crippen LogP contribution in [-0.2, 0) is 54.1 Å². The molecule has 21 heteroatoms. The van der Waals surface area contributed by atoms with Crippen molar-refractivity contribution in [3.63, 3.8) is 0 Å². The van der Waals surface area contributed by atoms with E-state index in [0.29, 0.717) is 129 Å². The van der Waals surface area contributed by atoms with Crippen molar-refractivity contribution in [2.75, 3.05) is 156 Å². The van der Waals surface area contributed by atoms with Crippen LogP contribution in [0.2, 0.25) is 0 Å². The number of nitrogens with one attached hydrogen (secondary N) is 4. The van der Waals surface area contributed by atoms with Crippen LogP contribution in [0.25, 0.3) is 11.3 Å². The van der Waals surface area contributed by atoms with Gasteiger partial charge in [0.2, 0.25) is 11.9 Å². The van der Waals surface area contributed by atoms with Crippen molar-refractivity contribution in [3.8, 4) is 11.3 Å². The first-order chi connectivity index (χ1) is 34.4. The lowest BCUT2D eigenvalue weighted by Gasteiger charge is -2.34. The molecule has 1 saturated heterocycles. The average molecular weight is 973 g/mol. The molecular formula is C49H68N10O11. The van der Waals surface area contributed by atoms with E-state index in [-0.39, 0.29) is 24.3 Å². The van der Waals surface area contributed by atoms with Crippen LogP contribution < -0.4 is 21.3 Å². The van der Waals surface area contributed by atoms with Crippen LogP contribution >= 0.6 is 0 Å². The van der Waals surface area contributed by atoms with Crippen LogP contribution in [0.5, 0.6) is 0 Å². The third kappa shape index (κ3) is 22.6. The fraction of sp³-hybridized carbons (Fsp3) is 0.490. The van der Waals surface area contributed by atoms with Crippen molar-refractivity contribution in [2.45, 2.75) is 13.5 Å². The van der Waals surface area contributed by atoms with Crippen LogP contribution in [0.1, 0.15) is 21.5 Å². The Balaban J connectivity index is 0.797. The van der Waals surface area contributed by atoms with Gasteiger partial charge in [-0.3, -0.25) is 29.2 Å². The summed E-state index contributed by atoms with van der Waals surface area (Å²) in [4.78, 5) is 59.3. The molecule has 70 heavy (non-hydrogen) atoms. The second-order valence-electron chi connectivity index (χ2n) is 15.8. The molecule has 5 rings (SSSR count). The summed E-state index contributed by atoms with van der Waals surface area (Å²) in [6.45, 7) is 16.2. The molecule has 2 aromatic carbocycles. The highest BCUT2D eigenvalue weighted by Gasteiger charge is 2.19. The van der Waals surface area contributed by atoms with E-state index in [1.165, 1.54) is 0 Å². The third-order valence-corrected chi connectivity index (χ3v) is 10.5. The summed E-state index contributed by atoms with van der Waals surface area (Å²) >= 11 is 0. The minimum atomic E-state index is -0.285. The van der Waals surface area contributed by atoms with E-state index >= 15 is 0 Å². The third-order valence-electron chi connectivity index (χ3n) is 10.5. The predicted octanol–water partition coefficient (Wildman–Crippen LogP) is 2.94. The molecule has 0 unspecified atom stereocenters. The summed E-state index contributed by atoms with van der Waals surface area (Å²) in [7, 11) is 0. The van der Waals surface area contributed by atoms with Gasteiger partial charge in [-0.2, -0.15) is 0 Å². The van der Waals surface area contributed by atoms with E-state index < -0.39 is 0 Å². The number of ether oxygens (including phenoxy) is 7. The molecule has 0 bridgehead atoms. The molecule has 1 fully saturated rings. The number of pyridine rings is 1. The summed E-state index contributed by atoms with van der Waals surface area (Å²) in [5, 5.41) is 15.0. The Hall–Kier alpha value is -6.01. The minimum absolute atomic E-state index is 0.0230. The van der Waals surface area contributed by atoms with E-state index in [0.717, 1.165) is 60.8 Å². The van der Waals surface area contributed by atoms with E-state index in [9.17, 15) is 14.4 Å². The quantitative estimate of drug-likeness (QED) is 0.0292. The number of aromatic nitrogens is 3. The summed E-state index contributed by atoms with van der Waals surface area (Å²) < 4.78 is 38.4. The van der Waals surface area contributed by atoms with Crippen LogP contribution in [0.15, 0.2) is 84.4 Å². The van der Waals surface area contributed by atoms with E-state index in [1.54, 1.807) is 18.6 Å². The van der Waals surface area contributed by atoms with Crippen molar-refractivity contribution in [1.82, 2.24) is 35.4 Å². The molecule has 3 amide bonds. The van der Waals surface area contributed by atoms with Gasteiger partial charge in [0.1, 0.15) is 0 Å². The first kappa shape index (κ1) is 54.9. The van der Waals surface area contributed by atoms with E-state index in [1.807, 2.05) is 67.6 Å². The average Bonchev–Trinajstić information content (AvgIpc) is 3.37. The topological polar surface area (TPSA) is 231 Å². The Morgan fingerprint density at radius 3 is 1.81 bits per heavy atom. The summed E-state index contributed by atoms with van der Waals surface area (Å²) in [5.74, 6) is -0.0653. The molecule has 2 aromatic heterocycles. The molecule has 1 aliphatic rings. The van der Waals surface area contributed by atoms with Gasteiger partial charge >= 0.3 is 0 Å². The van der Waals surface area contributed by atoms with Crippen LogP contribution in [0, 0.1) is 6.92 Å². The highest BCUT2D eigenvalue weighted by Crippen LogP contribution is 2.25. The number of aryl methyl sites for hydroxylation is 1. The zero-order valence-corrected chi connectivity index (χ0v) is 40.2. The summed E-state index contributed by atoms with van der Waals surface area (Å²) in [5.41, 5.74) is 5.74. The maximum absolute atomic E-state index is 13.2. The molecule has 380 valence electrons. The number of benzene rings is 2. The Kier molecular flexibility index (Phi) is 26.3. The second kappa shape index (κ2) is 33.5. The number of hydrogen-bond donors (Lipinski definition) is 4. The molecule has 0 radical (unpaired) electrons. The zero-order chi connectivity index (χ0) is 49.3. The normalized spacial score (nSPS) is 12.9. The first-order valence-electron chi connectivity index (χ1n) is 23.5. The largest absolute Gasteiger partial charge is 0.386 e. The Labute approximate surface area is 409 Å².